The Hall–Kier alpha value is -0.410. The maximum absolute atomic E-state index is 13.0. The highest BCUT2D eigenvalue weighted by Gasteiger charge is 2.27. The third kappa shape index (κ3) is 2.58. The van der Waals surface area contributed by atoms with E-state index >= 15 is 0 Å². The highest BCUT2D eigenvalue weighted by Crippen LogP contribution is 2.30. The predicted octanol–water partition coefficient (Wildman–Crippen LogP) is 3.68. The fourth-order valence-corrected chi connectivity index (χ4v) is 2.30. The molecule has 0 radical (unpaired) electrons. The standard InChI is InChI=1S/C12H14BrFO/c13-10-5-3-9(4-6-10)11(8-14)12-2-1-7-15-12/h3-6,11-12H,1-2,7-8H2. The summed E-state index contributed by atoms with van der Waals surface area (Å²) < 4.78 is 19.6. The summed E-state index contributed by atoms with van der Waals surface area (Å²) in [6.07, 6.45) is 2.10. The second-order valence-electron chi connectivity index (χ2n) is 3.86. The van der Waals surface area contributed by atoms with Crippen molar-refractivity contribution in [3.05, 3.63) is 34.3 Å². The number of alkyl halides is 1. The molecule has 1 aromatic carbocycles. The lowest BCUT2D eigenvalue weighted by Crippen LogP contribution is -2.19. The highest BCUT2D eigenvalue weighted by atomic mass is 79.9. The normalized spacial score (nSPS) is 22.9. The van der Waals surface area contributed by atoms with E-state index in [1.165, 1.54) is 0 Å². The molecule has 0 bridgehead atoms. The van der Waals surface area contributed by atoms with Crippen LogP contribution in [0.2, 0.25) is 0 Å². The van der Waals surface area contributed by atoms with Gasteiger partial charge in [-0.15, -0.1) is 0 Å². The molecule has 3 heteroatoms. The Morgan fingerprint density at radius 3 is 2.67 bits per heavy atom. The number of rotatable bonds is 3. The zero-order valence-electron chi connectivity index (χ0n) is 8.46. The van der Waals surface area contributed by atoms with Gasteiger partial charge in [-0.05, 0) is 30.5 Å². The van der Waals surface area contributed by atoms with E-state index in [0.717, 1.165) is 29.5 Å². The van der Waals surface area contributed by atoms with Gasteiger partial charge >= 0.3 is 0 Å². The van der Waals surface area contributed by atoms with Crippen LogP contribution in [0.15, 0.2) is 28.7 Å². The number of hydrogen-bond acceptors (Lipinski definition) is 1. The molecule has 1 nitrogen and oxygen atoms in total. The fraction of sp³-hybridized carbons (Fsp3) is 0.500. The lowest BCUT2D eigenvalue weighted by molar-refractivity contribution is 0.0803. The van der Waals surface area contributed by atoms with E-state index in [-0.39, 0.29) is 18.7 Å². The molecule has 0 spiro atoms. The van der Waals surface area contributed by atoms with Crippen LogP contribution < -0.4 is 0 Å². The molecule has 0 amide bonds. The molecule has 1 heterocycles. The second kappa shape index (κ2) is 5.08. The second-order valence-corrected chi connectivity index (χ2v) is 4.78. The van der Waals surface area contributed by atoms with Crippen molar-refractivity contribution in [3.8, 4) is 0 Å². The molecule has 1 aliphatic rings. The minimum Gasteiger partial charge on any atom is -0.377 e. The third-order valence-corrected chi connectivity index (χ3v) is 3.41. The van der Waals surface area contributed by atoms with Crippen molar-refractivity contribution in [1.29, 1.82) is 0 Å². The fourth-order valence-electron chi connectivity index (χ4n) is 2.03. The quantitative estimate of drug-likeness (QED) is 0.816. The topological polar surface area (TPSA) is 9.23 Å². The molecular weight excluding hydrogens is 259 g/mol. The Kier molecular flexibility index (Phi) is 3.76. The molecule has 0 saturated carbocycles. The first-order valence-electron chi connectivity index (χ1n) is 5.24. The summed E-state index contributed by atoms with van der Waals surface area (Å²) in [6.45, 7) is 0.435. The number of hydrogen-bond donors (Lipinski definition) is 0. The Labute approximate surface area is 97.8 Å². The molecule has 0 N–H and O–H groups in total. The largest absolute Gasteiger partial charge is 0.377 e. The zero-order valence-corrected chi connectivity index (χ0v) is 10.0. The molecule has 1 fully saturated rings. The zero-order chi connectivity index (χ0) is 10.7. The van der Waals surface area contributed by atoms with Crippen LogP contribution in [0.5, 0.6) is 0 Å². The van der Waals surface area contributed by atoms with E-state index in [1.54, 1.807) is 0 Å². The Morgan fingerprint density at radius 1 is 1.40 bits per heavy atom. The van der Waals surface area contributed by atoms with E-state index < -0.39 is 0 Å². The monoisotopic (exact) mass is 272 g/mol. The van der Waals surface area contributed by atoms with E-state index in [2.05, 4.69) is 15.9 Å². The van der Waals surface area contributed by atoms with E-state index in [9.17, 15) is 4.39 Å². The third-order valence-electron chi connectivity index (χ3n) is 2.88. The summed E-state index contributed by atoms with van der Waals surface area (Å²) in [5.74, 6) is -0.0967. The maximum Gasteiger partial charge on any atom is 0.0987 e. The van der Waals surface area contributed by atoms with Gasteiger partial charge in [0.15, 0.2) is 0 Å². The van der Waals surface area contributed by atoms with Gasteiger partial charge in [0, 0.05) is 17.0 Å². The van der Waals surface area contributed by atoms with Gasteiger partial charge in [-0.2, -0.15) is 0 Å². The van der Waals surface area contributed by atoms with Crippen molar-refractivity contribution in [2.24, 2.45) is 0 Å². The van der Waals surface area contributed by atoms with Gasteiger partial charge in [-0.25, -0.2) is 0 Å². The number of halogens is 2. The molecule has 1 aliphatic heterocycles. The average molecular weight is 273 g/mol. The minimum atomic E-state index is -0.341. The van der Waals surface area contributed by atoms with Gasteiger partial charge in [0.2, 0.25) is 0 Å². The summed E-state index contributed by atoms with van der Waals surface area (Å²) >= 11 is 3.38. The summed E-state index contributed by atoms with van der Waals surface area (Å²) in [5, 5.41) is 0. The van der Waals surface area contributed by atoms with Gasteiger partial charge in [0.1, 0.15) is 0 Å². The van der Waals surface area contributed by atoms with Crippen LogP contribution in [0.25, 0.3) is 0 Å². The van der Waals surface area contributed by atoms with Crippen LogP contribution in [0.3, 0.4) is 0 Å². The van der Waals surface area contributed by atoms with Crippen LogP contribution in [0.4, 0.5) is 4.39 Å². The van der Waals surface area contributed by atoms with Gasteiger partial charge in [-0.1, -0.05) is 28.1 Å². The van der Waals surface area contributed by atoms with Crippen molar-refractivity contribution in [2.45, 2.75) is 24.9 Å². The van der Waals surface area contributed by atoms with Gasteiger partial charge in [0.25, 0.3) is 0 Å². The van der Waals surface area contributed by atoms with Crippen molar-refractivity contribution in [1.82, 2.24) is 0 Å². The van der Waals surface area contributed by atoms with E-state index in [0.29, 0.717) is 0 Å². The Bertz CT molecular complexity index is 306. The minimum absolute atomic E-state index is 0.0659. The summed E-state index contributed by atoms with van der Waals surface area (Å²) in [5.41, 5.74) is 1.03. The molecule has 82 valence electrons. The molecule has 2 atom stereocenters. The molecule has 15 heavy (non-hydrogen) atoms. The molecular formula is C12H14BrFO. The summed E-state index contributed by atoms with van der Waals surface area (Å²) in [7, 11) is 0. The van der Waals surface area contributed by atoms with Crippen molar-refractivity contribution in [3.63, 3.8) is 0 Å². The molecule has 1 saturated heterocycles. The average Bonchev–Trinajstić information content (AvgIpc) is 2.75. The van der Waals surface area contributed by atoms with Crippen molar-refractivity contribution < 1.29 is 9.13 Å². The number of benzene rings is 1. The van der Waals surface area contributed by atoms with Gasteiger partial charge in [0.05, 0.1) is 12.8 Å². The lowest BCUT2D eigenvalue weighted by Gasteiger charge is -2.20. The van der Waals surface area contributed by atoms with Crippen molar-refractivity contribution >= 4 is 15.9 Å². The van der Waals surface area contributed by atoms with Crippen LogP contribution in [0.1, 0.15) is 24.3 Å². The molecule has 2 rings (SSSR count). The van der Waals surface area contributed by atoms with E-state index in [4.69, 9.17) is 4.74 Å². The first-order valence-corrected chi connectivity index (χ1v) is 6.03. The van der Waals surface area contributed by atoms with E-state index in [1.807, 2.05) is 24.3 Å². The molecule has 0 aromatic heterocycles. The SMILES string of the molecule is FCC(c1ccc(Br)cc1)C1CCCO1. The molecule has 1 aromatic rings. The molecule has 0 aliphatic carbocycles. The predicted molar refractivity (Wildman–Crippen MR) is 61.8 cm³/mol. The summed E-state index contributed by atoms with van der Waals surface area (Å²) in [6, 6.07) is 7.84. The molecule has 2 unspecified atom stereocenters. The first kappa shape index (κ1) is 11.1. The summed E-state index contributed by atoms with van der Waals surface area (Å²) in [4.78, 5) is 0. The highest BCUT2D eigenvalue weighted by molar-refractivity contribution is 9.10. The Balaban J connectivity index is 2.14. The maximum atomic E-state index is 13.0. The van der Waals surface area contributed by atoms with Crippen LogP contribution >= 0.6 is 15.9 Å². The van der Waals surface area contributed by atoms with Gasteiger partial charge < -0.3 is 4.74 Å². The number of ether oxygens (including phenoxy) is 1. The Morgan fingerprint density at radius 2 is 2.13 bits per heavy atom. The van der Waals surface area contributed by atoms with Crippen LogP contribution in [0, 0.1) is 0 Å². The first-order chi connectivity index (χ1) is 7.31. The van der Waals surface area contributed by atoms with Gasteiger partial charge in [-0.3, -0.25) is 4.39 Å². The van der Waals surface area contributed by atoms with Crippen molar-refractivity contribution in [2.75, 3.05) is 13.3 Å². The van der Waals surface area contributed by atoms with Crippen LogP contribution in [-0.2, 0) is 4.74 Å². The smallest absolute Gasteiger partial charge is 0.0987 e. The lowest BCUT2D eigenvalue weighted by atomic mass is 9.93. The van der Waals surface area contributed by atoms with Crippen LogP contribution in [-0.4, -0.2) is 19.4 Å².